The zero-order chi connectivity index (χ0) is 18.8. The molecule has 3 N–H and O–H groups in total. The number of nitrogens with two attached hydrogens (primary N) is 1. The molecule has 1 unspecified atom stereocenters. The molecule has 0 aliphatic heterocycles. The lowest BCUT2D eigenvalue weighted by Crippen LogP contribution is -2.45. The highest BCUT2D eigenvalue weighted by atomic mass is 16.7. The van der Waals surface area contributed by atoms with Crippen molar-refractivity contribution >= 4 is 24.1 Å². The number of methoxy groups -OCH3 is 1. The van der Waals surface area contributed by atoms with Crippen molar-refractivity contribution in [3.05, 3.63) is 29.8 Å². The Labute approximate surface area is 145 Å². The molecule has 0 aliphatic rings. The smallest absolute Gasteiger partial charge is 0.347 e. The van der Waals surface area contributed by atoms with Crippen LogP contribution in [0.15, 0.2) is 29.4 Å². The van der Waals surface area contributed by atoms with Crippen molar-refractivity contribution < 1.29 is 28.7 Å². The summed E-state index contributed by atoms with van der Waals surface area (Å²) in [6.07, 6.45) is 0.251. The SMILES string of the molecule is COc1ccc(/C=N/OCC(=O)OC(C(=O)NC(N)=O)C(C)C)cc1. The maximum absolute atomic E-state index is 11.7. The van der Waals surface area contributed by atoms with Crippen LogP contribution in [0, 0.1) is 5.92 Å². The first-order valence-corrected chi connectivity index (χ1v) is 7.42. The summed E-state index contributed by atoms with van der Waals surface area (Å²) in [4.78, 5) is 39.0. The van der Waals surface area contributed by atoms with E-state index in [9.17, 15) is 14.4 Å². The van der Waals surface area contributed by atoms with Crippen LogP contribution in [0.5, 0.6) is 5.75 Å². The normalized spacial score (nSPS) is 11.8. The van der Waals surface area contributed by atoms with E-state index in [1.165, 1.54) is 6.21 Å². The number of rotatable bonds is 8. The Hall–Kier alpha value is -3.10. The number of urea groups is 1. The third-order valence-electron chi connectivity index (χ3n) is 2.94. The van der Waals surface area contributed by atoms with Gasteiger partial charge < -0.3 is 20.0 Å². The summed E-state index contributed by atoms with van der Waals surface area (Å²) in [5, 5.41) is 5.51. The van der Waals surface area contributed by atoms with Crippen molar-refractivity contribution in [1.29, 1.82) is 0 Å². The molecular formula is C16H21N3O6. The molecule has 9 heteroatoms. The van der Waals surface area contributed by atoms with Crippen molar-refractivity contribution in [1.82, 2.24) is 5.32 Å². The van der Waals surface area contributed by atoms with Crippen molar-refractivity contribution in [2.45, 2.75) is 20.0 Å². The Balaban J connectivity index is 2.47. The van der Waals surface area contributed by atoms with Gasteiger partial charge in [0.05, 0.1) is 13.3 Å². The van der Waals surface area contributed by atoms with Crippen LogP contribution >= 0.6 is 0 Å². The number of imide groups is 1. The van der Waals surface area contributed by atoms with Crippen LogP contribution in [0.4, 0.5) is 4.79 Å². The molecule has 1 atom stereocenters. The summed E-state index contributed by atoms with van der Waals surface area (Å²) in [7, 11) is 1.56. The molecule has 136 valence electrons. The van der Waals surface area contributed by atoms with E-state index in [1.54, 1.807) is 45.2 Å². The number of oxime groups is 1. The molecule has 1 rings (SSSR count). The zero-order valence-corrected chi connectivity index (χ0v) is 14.2. The molecule has 0 spiro atoms. The van der Waals surface area contributed by atoms with Crippen LogP contribution in [0.25, 0.3) is 0 Å². The predicted molar refractivity (Wildman–Crippen MR) is 89.0 cm³/mol. The molecule has 25 heavy (non-hydrogen) atoms. The summed E-state index contributed by atoms with van der Waals surface area (Å²) >= 11 is 0. The molecule has 0 bridgehead atoms. The van der Waals surface area contributed by atoms with Gasteiger partial charge in [-0.1, -0.05) is 19.0 Å². The van der Waals surface area contributed by atoms with Crippen molar-refractivity contribution in [2.24, 2.45) is 16.8 Å². The second-order valence-electron chi connectivity index (χ2n) is 5.29. The highest BCUT2D eigenvalue weighted by Crippen LogP contribution is 2.10. The van der Waals surface area contributed by atoms with Gasteiger partial charge in [0.25, 0.3) is 5.91 Å². The van der Waals surface area contributed by atoms with Crippen LogP contribution in [0.2, 0.25) is 0 Å². The highest BCUT2D eigenvalue weighted by molar-refractivity contribution is 5.96. The molecule has 0 heterocycles. The molecule has 0 saturated heterocycles. The molecule has 0 saturated carbocycles. The molecule has 0 aliphatic carbocycles. The maximum Gasteiger partial charge on any atom is 0.347 e. The van der Waals surface area contributed by atoms with Gasteiger partial charge in [0.2, 0.25) is 6.61 Å². The average molecular weight is 351 g/mol. The molecule has 9 nitrogen and oxygen atoms in total. The highest BCUT2D eigenvalue weighted by Gasteiger charge is 2.27. The summed E-state index contributed by atoms with van der Waals surface area (Å²) < 4.78 is 10.0. The van der Waals surface area contributed by atoms with E-state index in [1.807, 2.05) is 5.32 Å². The van der Waals surface area contributed by atoms with E-state index < -0.39 is 30.6 Å². The number of benzene rings is 1. The number of carbonyl (C=O) groups excluding carboxylic acids is 3. The van der Waals surface area contributed by atoms with E-state index in [0.717, 1.165) is 5.56 Å². The number of hydrogen-bond donors (Lipinski definition) is 2. The number of primary amides is 1. The monoisotopic (exact) mass is 351 g/mol. The summed E-state index contributed by atoms with van der Waals surface area (Å²) in [5.41, 5.74) is 5.62. The van der Waals surface area contributed by atoms with E-state index in [4.69, 9.17) is 20.0 Å². The number of carbonyl (C=O) groups is 3. The third-order valence-corrected chi connectivity index (χ3v) is 2.94. The van der Waals surface area contributed by atoms with Crippen LogP contribution in [0.3, 0.4) is 0 Å². The quantitative estimate of drug-likeness (QED) is 0.405. The lowest BCUT2D eigenvalue weighted by molar-refractivity contribution is -0.162. The largest absolute Gasteiger partial charge is 0.497 e. The molecular weight excluding hydrogens is 330 g/mol. The van der Waals surface area contributed by atoms with Gasteiger partial charge in [0, 0.05) is 0 Å². The first-order valence-electron chi connectivity index (χ1n) is 7.42. The number of hydrogen-bond acceptors (Lipinski definition) is 7. The second-order valence-corrected chi connectivity index (χ2v) is 5.29. The maximum atomic E-state index is 11.7. The lowest BCUT2D eigenvalue weighted by Gasteiger charge is -2.19. The number of nitrogens with zero attached hydrogens (tertiary/aromatic N) is 1. The Morgan fingerprint density at radius 2 is 1.88 bits per heavy atom. The Morgan fingerprint density at radius 3 is 2.40 bits per heavy atom. The van der Waals surface area contributed by atoms with Gasteiger partial charge in [0.1, 0.15) is 5.75 Å². The van der Waals surface area contributed by atoms with Gasteiger partial charge in [-0.05, 0) is 35.7 Å². The first kappa shape index (κ1) is 19.9. The van der Waals surface area contributed by atoms with Gasteiger partial charge in [-0.2, -0.15) is 0 Å². The van der Waals surface area contributed by atoms with E-state index in [0.29, 0.717) is 5.75 Å². The number of nitrogens with one attached hydrogen (secondary N) is 1. The minimum atomic E-state index is -1.16. The molecule has 0 aromatic heterocycles. The molecule has 1 aromatic rings. The lowest BCUT2D eigenvalue weighted by atomic mass is 10.1. The van der Waals surface area contributed by atoms with Crippen molar-refractivity contribution in [3.63, 3.8) is 0 Å². The van der Waals surface area contributed by atoms with Crippen molar-refractivity contribution in [3.8, 4) is 5.75 Å². The Kier molecular flexibility index (Phi) is 7.91. The molecule has 1 aromatic carbocycles. The molecule has 0 radical (unpaired) electrons. The second kappa shape index (κ2) is 9.91. The predicted octanol–water partition coefficient (Wildman–Crippen LogP) is 0.808. The van der Waals surface area contributed by atoms with Gasteiger partial charge >= 0.3 is 12.0 Å². The minimum absolute atomic E-state index is 0.355. The summed E-state index contributed by atoms with van der Waals surface area (Å²) in [5.74, 6) is -1.25. The molecule has 3 amide bonds. The van der Waals surface area contributed by atoms with Gasteiger partial charge in [0.15, 0.2) is 6.10 Å². The number of amides is 3. The van der Waals surface area contributed by atoms with Crippen LogP contribution in [0.1, 0.15) is 19.4 Å². The van der Waals surface area contributed by atoms with E-state index in [2.05, 4.69) is 5.16 Å². The van der Waals surface area contributed by atoms with Crippen LogP contribution < -0.4 is 15.8 Å². The number of esters is 1. The van der Waals surface area contributed by atoms with Gasteiger partial charge in [-0.3, -0.25) is 10.1 Å². The standard InChI is InChI=1S/C16H21N3O6/c1-10(2)14(15(21)19-16(17)22)25-13(20)9-24-18-8-11-4-6-12(23-3)7-5-11/h4-8,10,14H,9H2,1-3H3,(H3,17,19,21,22)/b18-8+. The molecule has 0 fully saturated rings. The van der Waals surface area contributed by atoms with E-state index >= 15 is 0 Å². The summed E-state index contributed by atoms with van der Waals surface area (Å²) in [6.45, 7) is 2.82. The summed E-state index contributed by atoms with van der Waals surface area (Å²) in [6, 6.07) is 5.99. The van der Waals surface area contributed by atoms with E-state index in [-0.39, 0.29) is 5.92 Å². The first-order chi connectivity index (χ1) is 11.8. The zero-order valence-electron chi connectivity index (χ0n) is 14.2. The fourth-order valence-electron chi connectivity index (χ4n) is 1.74. The number of ether oxygens (including phenoxy) is 2. The van der Waals surface area contributed by atoms with Gasteiger partial charge in [-0.25, -0.2) is 9.59 Å². The average Bonchev–Trinajstić information content (AvgIpc) is 2.56. The van der Waals surface area contributed by atoms with Crippen LogP contribution in [-0.4, -0.2) is 43.9 Å². The fraction of sp³-hybridized carbons (Fsp3) is 0.375. The Bertz CT molecular complexity index is 627. The fourth-order valence-corrected chi connectivity index (χ4v) is 1.74. The van der Waals surface area contributed by atoms with Crippen LogP contribution in [-0.2, 0) is 19.2 Å². The van der Waals surface area contributed by atoms with Gasteiger partial charge in [-0.15, -0.1) is 0 Å². The Morgan fingerprint density at radius 1 is 1.24 bits per heavy atom. The topological polar surface area (TPSA) is 129 Å². The third kappa shape index (κ3) is 7.34. The minimum Gasteiger partial charge on any atom is -0.497 e. The van der Waals surface area contributed by atoms with Crippen molar-refractivity contribution in [2.75, 3.05) is 13.7 Å².